The normalized spacial score (nSPS) is 10.5. The van der Waals surface area contributed by atoms with Crippen LogP contribution in [0.3, 0.4) is 0 Å². The summed E-state index contributed by atoms with van der Waals surface area (Å²) in [6.45, 7) is 0.704. The molecule has 6 nitrogen and oxygen atoms in total. The lowest BCUT2D eigenvalue weighted by molar-refractivity contribution is 0.0730. The summed E-state index contributed by atoms with van der Waals surface area (Å²) in [5, 5.41) is 2.85. The fourth-order valence-corrected chi connectivity index (χ4v) is 4.18. The van der Waals surface area contributed by atoms with Crippen LogP contribution in [0.5, 0.6) is 5.75 Å². The lowest BCUT2D eigenvalue weighted by Gasteiger charge is -2.27. The molecule has 0 bridgehead atoms. The molecule has 7 heteroatoms. The zero-order valence-corrected chi connectivity index (χ0v) is 21.6. The Morgan fingerprint density at radius 2 is 1.55 bits per heavy atom. The van der Waals surface area contributed by atoms with Crippen LogP contribution in [0.4, 0.5) is 15.8 Å². The van der Waals surface area contributed by atoms with E-state index < -0.39 is 11.7 Å². The molecule has 0 fully saturated rings. The molecule has 4 rings (SSSR count). The molecule has 1 N–H and O–H groups in total. The van der Waals surface area contributed by atoms with Crippen molar-refractivity contribution in [2.45, 2.75) is 13.1 Å². The number of amides is 2. The molecule has 38 heavy (non-hydrogen) atoms. The van der Waals surface area contributed by atoms with Gasteiger partial charge in [-0.25, -0.2) is 4.39 Å². The number of methoxy groups -OCH3 is 1. The van der Waals surface area contributed by atoms with Gasteiger partial charge < -0.3 is 19.9 Å². The van der Waals surface area contributed by atoms with E-state index in [9.17, 15) is 14.0 Å². The summed E-state index contributed by atoms with van der Waals surface area (Å²) in [7, 11) is 5.44. The van der Waals surface area contributed by atoms with E-state index in [1.807, 2.05) is 61.5 Å². The van der Waals surface area contributed by atoms with Crippen LogP contribution in [0.1, 0.15) is 31.8 Å². The Hall–Kier alpha value is -4.65. The summed E-state index contributed by atoms with van der Waals surface area (Å²) in [5.74, 6) is -0.346. The van der Waals surface area contributed by atoms with Gasteiger partial charge in [-0.15, -0.1) is 0 Å². The van der Waals surface area contributed by atoms with Gasteiger partial charge in [0.05, 0.1) is 7.11 Å². The van der Waals surface area contributed by atoms with E-state index in [2.05, 4.69) is 5.32 Å². The van der Waals surface area contributed by atoms with Gasteiger partial charge in [-0.1, -0.05) is 36.4 Å². The highest BCUT2D eigenvalue weighted by Gasteiger charge is 2.20. The van der Waals surface area contributed by atoms with Crippen molar-refractivity contribution in [3.8, 4) is 5.75 Å². The average Bonchev–Trinajstić information content (AvgIpc) is 2.93. The predicted molar refractivity (Wildman–Crippen MR) is 148 cm³/mol. The van der Waals surface area contributed by atoms with E-state index in [-0.39, 0.29) is 11.5 Å². The second kappa shape index (κ2) is 12.1. The molecule has 0 atom stereocenters. The van der Waals surface area contributed by atoms with Crippen molar-refractivity contribution in [2.24, 2.45) is 0 Å². The number of anilines is 2. The van der Waals surface area contributed by atoms with E-state index in [4.69, 9.17) is 4.74 Å². The van der Waals surface area contributed by atoms with Gasteiger partial charge in [0.1, 0.15) is 11.6 Å². The quantitative estimate of drug-likeness (QED) is 0.300. The SMILES string of the molecule is COc1ccc(C(=O)N(Cc2ccccc2)Cc2cc(NC(=O)c3cccc(F)c3)ccc2N(C)C)cc1. The molecule has 0 aliphatic rings. The molecule has 194 valence electrons. The van der Waals surface area contributed by atoms with Crippen molar-refractivity contribution < 1.29 is 18.7 Å². The van der Waals surface area contributed by atoms with Crippen molar-refractivity contribution >= 4 is 23.2 Å². The monoisotopic (exact) mass is 511 g/mol. The molecule has 0 aliphatic heterocycles. The van der Waals surface area contributed by atoms with Gasteiger partial charge in [-0.3, -0.25) is 9.59 Å². The van der Waals surface area contributed by atoms with Crippen LogP contribution in [0.15, 0.2) is 97.1 Å². The summed E-state index contributed by atoms with van der Waals surface area (Å²) >= 11 is 0. The summed E-state index contributed by atoms with van der Waals surface area (Å²) in [5.41, 5.74) is 4.08. The summed E-state index contributed by atoms with van der Waals surface area (Å²) < 4.78 is 18.9. The van der Waals surface area contributed by atoms with Gasteiger partial charge in [-0.2, -0.15) is 0 Å². The Morgan fingerprint density at radius 3 is 2.21 bits per heavy atom. The van der Waals surface area contributed by atoms with Crippen LogP contribution < -0.4 is 15.0 Å². The molecule has 0 heterocycles. The first kappa shape index (κ1) is 26.4. The number of nitrogens with zero attached hydrogens (tertiary/aromatic N) is 2. The average molecular weight is 512 g/mol. The zero-order valence-electron chi connectivity index (χ0n) is 21.6. The summed E-state index contributed by atoms with van der Waals surface area (Å²) in [6.07, 6.45) is 0. The molecular weight excluding hydrogens is 481 g/mol. The summed E-state index contributed by atoms with van der Waals surface area (Å²) in [4.78, 5) is 30.2. The third kappa shape index (κ3) is 6.56. The highest BCUT2D eigenvalue weighted by atomic mass is 19.1. The minimum atomic E-state index is -0.477. The van der Waals surface area contributed by atoms with E-state index in [0.717, 1.165) is 16.8 Å². The van der Waals surface area contributed by atoms with Crippen LogP contribution in [-0.2, 0) is 13.1 Å². The predicted octanol–water partition coefficient (Wildman–Crippen LogP) is 6.00. The highest BCUT2D eigenvalue weighted by Crippen LogP contribution is 2.27. The molecule has 0 saturated heterocycles. The van der Waals surface area contributed by atoms with Gasteiger partial charge in [-0.05, 0) is 71.8 Å². The Balaban J connectivity index is 1.65. The van der Waals surface area contributed by atoms with E-state index in [1.165, 1.54) is 18.2 Å². The smallest absolute Gasteiger partial charge is 0.255 e. The number of rotatable bonds is 9. The first-order chi connectivity index (χ1) is 18.3. The first-order valence-corrected chi connectivity index (χ1v) is 12.2. The van der Waals surface area contributed by atoms with Crippen molar-refractivity contribution in [3.63, 3.8) is 0 Å². The van der Waals surface area contributed by atoms with Gasteiger partial charge in [0.15, 0.2) is 0 Å². The Morgan fingerprint density at radius 1 is 0.816 bits per heavy atom. The second-order valence-electron chi connectivity index (χ2n) is 9.08. The van der Waals surface area contributed by atoms with Gasteiger partial charge in [0.25, 0.3) is 11.8 Å². The van der Waals surface area contributed by atoms with E-state index in [0.29, 0.717) is 30.1 Å². The zero-order chi connectivity index (χ0) is 27.1. The number of carbonyl (C=O) groups is 2. The minimum Gasteiger partial charge on any atom is -0.497 e. The molecule has 0 spiro atoms. The molecule has 0 unspecified atom stereocenters. The molecule has 2 amide bonds. The van der Waals surface area contributed by atoms with Gasteiger partial charge in [0, 0.05) is 49.7 Å². The third-order valence-electron chi connectivity index (χ3n) is 6.11. The standard InChI is InChI=1S/C31H30FN3O3/c1-34(2)29-17-14-27(33-30(36)24-10-7-11-26(32)18-24)19-25(29)21-35(20-22-8-5-4-6-9-22)31(37)23-12-15-28(38-3)16-13-23/h4-19H,20-21H2,1-3H3,(H,33,36). The van der Waals surface area contributed by atoms with Crippen molar-refractivity contribution in [1.82, 2.24) is 4.90 Å². The Kier molecular flexibility index (Phi) is 8.38. The summed E-state index contributed by atoms with van der Waals surface area (Å²) in [6, 6.07) is 27.9. The third-order valence-corrected chi connectivity index (χ3v) is 6.11. The van der Waals surface area contributed by atoms with Crippen molar-refractivity contribution in [1.29, 1.82) is 0 Å². The van der Waals surface area contributed by atoms with Crippen molar-refractivity contribution in [2.75, 3.05) is 31.4 Å². The number of hydrogen-bond donors (Lipinski definition) is 1. The topological polar surface area (TPSA) is 61.9 Å². The number of hydrogen-bond acceptors (Lipinski definition) is 4. The molecule has 0 aromatic heterocycles. The number of benzene rings is 4. The maximum atomic E-state index is 13.7. The highest BCUT2D eigenvalue weighted by molar-refractivity contribution is 6.04. The van der Waals surface area contributed by atoms with Gasteiger partial charge >= 0.3 is 0 Å². The maximum absolute atomic E-state index is 13.7. The molecule has 0 saturated carbocycles. The lowest BCUT2D eigenvalue weighted by Crippen LogP contribution is -2.31. The lowest BCUT2D eigenvalue weighted by atomic mass is 10.1. The van der Waals surface area contributed by atoms with Crippen molar-refractivity contribution in [3.05, 3.63) is 125 Å². The van der Waals surface area contributed by atoms with Crippen LogP contribution in [0, 0.1) is 5.82 Å². The Bertz CT molecular complexity index is 1410. The molecule has 0 aliphatic carbocycles. The maximum Gasteiger partial charge on any atom is 0.255 e. The fraction of sp³-hybridized carbons (Fsp3) is 0.161. The molecule has 4 aromatic rings. The van der Waals surface area contributed by atoms with E-state index >= 15 is 0 Å². The Labute approximate surface area is 222 Å². The van der Waals surface area contributed by atoms with Crippen LogP contribution >= 0.6 is 0 Å². The number of ether oxygens (including phenoxy) is 1. The van der Waals surface area contributed by atoms with Gasteiger partial charge in [0.2, 0.25) is 0 Å². The fourth-order valence-electron chi connectivity index (χ4n) is 4.18. The molecule has 0 radical (unpaired) electrons. The molecule has 4 aromatic carbocycles. The largest absolute Gasteiger partial charge is 0.497 e. The number of carbonyl (C=O) groups excluding carboxylic acids is 2. The number of halogens is 1. The first-order valence-electron chi connectivity index (χ1n) is 12.2. The van der Waals surface area contributed by atoms with Crippen LogP contribution in [-0.4, -0.2) is 37.9 Å². The van der Waals surface area contributed by atoms with Crippen LogP contribution in [0.25, 0.3) is 0 Å². The van der Waals surface area contributed by atoms with E-state index in [1.54, 1.807) is 48.4 Å². The second-order valence-corrected chi connectivity index (χ2v) is 9.08. The number of nitrogens with one attached hydrogen (secondary N) is 1. The van der Waals surface area contributed by atoms with Crippen LogP contribution in [0.2, 0.25) is 0 Å². The minimum absolute atomic E-state index is 0.129. The molecular formula is C31H30FN3O3.